The number of pyridine rings is 1. The number of hydrogen-bond donors (Lipinski definition) is 2. The highest BCUT2D eigenvalue weighted by Gasteiger charge is 2.20. The molecule has 1 atom stereocenters. The molecule has 0 saturated carbocycles. The molecule has 0 aliphatic carbocycles. The molecule has 0 bridgehead atoms. The van der Waals surface area contributed by atoms with E-state index in [1.54, 1.807) is 12.4 Å². The van der Waals surface area contributed by atoms with Gasteiger partial charge in [-0.2, -0.15) is 0 Å². The van der Waals surface area contributed by atoms with E-state index in [1.807, 2.05) is 66.3 Å². The fraction of sp³-hybridized carbons (Fsp3) is 0.208. The van der Waals surface area contributed by atoms with Crippen molar-refractivity contribution in [2.75, 3.05) is 11.9 Å². The van der Waals surface area contributed by atoms with E-state index in [-0.39, 0.29) is 11.9 Å². The number of benzene rings is 2. The molecule has 0 radical (unpaired) electrons. The molecule has 2 aromatic carbocycles. The van der Waals surface area contributed by atoms with Gasteiger partial charge in [0.1, 0.15) is 11.9 Å². The zero-order chi connectivity index (χ0) is 22.5. The highest BCUT2D eigenvalue weighted by Crippen LogP contribution is 2.25. The molecule has 4 rings (SSSR count). The molecule has 164 valence electrons. The Labute approximate surface area is 196 Å². The topological polar surface area (TPSA) is 71.8 Å². The zero-order valence-electron chi connectivity index (χ0n) is 17.6. The summed E-state index contributed by atoms with van der Waals surface area (Å²) >= 11 is 12.1. The summed E-state index contributed by atoms with van der Waals surface area (Å²) in [4.78, 5) is 21.5. The maximum Gasteiger partial charge on any atom is 0.220 e. The molecule has 2 aromatic heterocycles. The van der Waals surface area contributed by atoms with Crippen LogP contribution >= 0.6 is 23.2 Å². The van der Waals surface area contributed by atoms with E-state index in [1.165, 1.54) is 0 Å². The van der Waals surface area contributed by atoms with Crippen molar-refractivity contribution < 1.29 is 4.79 Å². The minimum absolute atomic E-state index is 0.0406. The van der Waals surface area contributed by atoms with Gasteiger partial charge in [0.15, 0.2) is 0 Å². The minimum atomic E-state index is -0.346. The predicted octanol–water partition coefficient (Wildman–Crippen LogP) is 5.37. The number of rotatable bonds is 8. The maximum absolute atomic E-state index is 12.7. The fourth-order valence-electron chi connectivity index (χ4n) is 3.59. The van der Waals surface area contributed by atoms with Crippen LogP contribution in [0, 0.1) is 0 Å². The van der Waals surface area contributed by atoms with Crippen molar-refractivity contribution in [3.63, 3.8) is 0 Å². The van der Waals surface area contributed by atoms with Gasteiger partial charge in [0.2, 0.25) is 5.91 Å². The summed E-state index contributed by atoms with van der Waals surface area (Å²) in [5, 5.41) is 8.81. The zero-order valence-corrected chi connectivity index (χ0v) is 19.1. The van der Waals surface area contributed by atoms with E-state index in [0.717, 1.165) is 28.0 Å². The lowest BCUT2D eigenvalue weighted by Gasteiger charge is -2.19. The van der Waals surface area contributed by atoms with Gasteiger partial charge in [0.05, 0.1) is 5.52 Å². The van der Waals surface area contributed by atoms with E-state index in [0.29, 0.717) is 29.4 Å². The number of imidazole rings is 1. The Morgan fingerprint density at radius 3 is 2.56 bits per heavy atom. The number of carbonyl (C=O) groups excluding carboxylic acids is 1. The second-order valence-electron chi connectivity index (χ2n) is 7.50. The average Bonchev–Trinajstić information content (AvgIpc) is 3.21. The van der Waals surface area contributed by atoms with Crippen molar-refractivity contribution in [1.82, 2.24) is 19.9 Å². The van der Waals surface area contributed by atoms with E-state index in [4.69, 9.17) is 23.2 Å². The summed E-state index contributed by atoms with van der Waals surface area (Å²) in [5.41, 5.74) is 2.73. The lowest BCUT2D eigenvalue weighted by Crippen LogP contribution is -2.31. The van der Waals surface area contributed by atoms with Crippen LogP contribution in [0.25, 0.3) is 10.9 Å². The van der Waals surface area contributed by atoms with Crippen molar-refractivity contribution in [1.29, 1.82) is 0 Å². The minimum Gasteiger partial charge on any atom is -0.384 e. The lowest BCUT2D eigenvalue weighted by molar-refractivity contribution is -0.121. The number of hydrogen-bond acceptors (Lipinski definition) is 4. The number of fused-ring (bicyclic) bond motifs is 1. The maximum atomic E-state index is 12.7. The summed E-state index contributed by atoms with van der Waals surface area (Å²) in [5.74, 6) is 0.724. The number of aryl methyl sites for hydroxylation is 1. The van der Waals surface area contributed by atoms with Gasteiger partial charge in [-0.3, -0.25) is 9.78 Å². The average molecular weight is 468 g/mol. The van der Waals surface area contributed by atoms with Crippen LogP contribution in [0.5, 0.6) is 0 Å². The number of carbonyl (C=O) groups is 1. The number of aromatic nitrogens is 3. The first kappa shape index (κ1) is 22.1. The lowest BCUT2D eigenvalue weighted by atomic mass is 10.1. The third-order valence-corrected chi connectivity index (χ3v) is 5.71. The van der Waals surface area contributed by atoms with Crippen LogP contribution in [-0.2, 0) is 11.8 Å². The van der Waals surface area contributed by atoms with Crippen molar-refractivity contribution in [3.05, 3.63) is 88.6 Å². The summed E-state index contributed by atoms with van der Waals surface area (Å²) < 4.78 is 1.90. The molecular formula is C24H23Cl2N5O. The van der Waals surface area contributed by atoms with Crippen LogP contribution in [0.3, 0.4) is 0 Å². The Bertz CT molecular complexity index is 1220. The van der Waals surface area contributed by atoms with Crippen molar-refractivity contribution in [2.45, 2.75) is 18.9 Å². The van der Waals surface area contributed by atoms with Gasteiger partial charge in [0.25, 0.3) is 0 Å². The molecule has 1 amide bonds. The van der Waals surface area contributed by atoms with Crippen molar-refractivity contribution in [3.8, 4) is 0 Å². The van der Waals surface area contributed by atoms with Crippen LogP contribution in [0.1, 0.15) is 30.3 Å². The highest BCUT2D eigenvalue weighted by molar-refractivity contribution is 6.31. The Kier molecular flexibility index (Phi) is 6.93. The van der Waals surface area contributed by atoms with E-state index in [2.05, 4.69) is 20.6 Å². The van der Waals surface area contributed by atoms with Gasteiger partial charge in [-0.1, -0.05) is 35.3 Å². The number of halogens is 2. The van der Waals surface area contributed by atoms with E-state index < -0.39 is 0 Å². The Morgan fingerprint density at radius 2 is 1.81 bits per heavy atom. The van der Waals surface area contributed by atoms with Gasteiger partial charge in [-0.15, -0.1) is 0 Å². The molecule has 1 unspecified atom stereocenters. The molecule has 0 fully saturated rings. The standard InChI is InChI=1S/C24H23Cl2N5O/c1-31-14-13-29-24(31)23(16-4-6-17(25)7-5-16)30-22(32)3-2-11-27-20-10-12-28-21-15-18(26)8-9-19(20)21/h4-10,12-15,23H,2-3,11H2,1H3,(H,27,28)(H,30,32). The quantitative estimate of drug-likeness (QED) is 0.341. The highest BCUT2D eigenvalue weighted by atomic mass is 35.5. The summed E-state index contributed by atoms with van der Waals surface area (Å²) in [6, 6.07) is 14.7. The number of nitrogens with zero attached hydrogens (tertiary/aromatic N) is 3. The largest absolute Gasteiger partial charge is 0.384 e. The molecule has 6 nitrogen and oxygen atoms in total. The van der Waals surface area contributed by atoms with Crippen LogP contribution in [0.15, 0.2) is 67.1 Å². The van der Waals surface area contributed by atoms with E-state index in [9.17, 15) is 4.79 Å². The summed E-state index contributed by atoms with van der Waals surface area (Å²) in [6.07, 6.45) is 6.39. The molecular weight excluding hydrogens is 445 g/mol. The summed E-state index contributed by atoms with van der Waals surface area (Å²) in [6.45, 7) is 0.656. The van der Waals surface area contributed by atoms with Crippen LogP contribution in [0.2, 0.25) is 10.0 Å². The van der Waals surface area contributed by atoms with Crippen LogP contribution < -0.4 is 10.6 Å². The fourth-order valence-corrected chi connectivity index (χ4v) is 3.88. The smallest absolute Gasteiger partial charge is 0.220 e. The molecule has 0 saturated heterocycles. The second-order valence-corrected chi connectivity index (χ2v) is 8.37. The van der Waals surface area contributed by atoms with Gasteiger partial charge in [-0.25, -0.2) is 4.98 Å². The third kappa shape index (κ3) is 5.21. The Morgan fingerprint density at radius 1 is 1.03 bits per heavy atom. The molecule has 0 spiro atoms. The molecule has 2 N–H and O–H groups in total. The molecule has 8 heteroatoms. The first-order chi connectivity index (χ1) is 15.5. The van der Waals surface area contributed by atoms with Crippen LogP contribution in [0.4, 0.5) is 5.69 Å². The molecule has 4 aromatic rings. The normalized spacial score (nSPS) is 12.0. The number of anilines is 1. The second kappa shape index (κ2) is 10.0. The van der Waals surface area contributed by atoms with Gasteiger partial charge in [-0.05, 0) is 48.4 Å². The summed E-state index contributed by atoms with van der Waals surface area (Å²) in [7, 11) is 1.91. The Balaban J connectivity index is 1.37. The first-order valence-electron chi connectivity index (χ1n) is 10.3. The van der Waals surface area contributed by atoms with Crippen LogP contribution in [-0.4, -0.2) is 27.0 Å². The van der Waals surface area contributed by atoms with Crippen molar-refractivity contribution >= 4 is 45.7 Å². The Hall–Kier alpha value is -3.09. The van der Waals surface area contributed by atoms with E-state index >= 15 is 0 Å². The molecule has 32 heavy (non-hydrogen) atoms. The molecule has 0 aliphatic heterocycles. The number of amides is 1. The predicted molar refractivity (Wildman–Crippen MR) is 129 cm³/mol. The van der Waals surface area contributed by atoms with Crippen molar-refractivity contribution in [2.24, 2.45) is 7.05 Å². The van der Waals surface area contributed by atoms with Gasteiger partial charge < -0.3 is 15.2 Å². The first-order valence-corrected chi connectivity index (χ1v) is 11.1. The monoisotopic (exact) mass is 467 g/mol. The molecule has 2 heterocycles. The van der Waals surface area contributed by atoms with Gasteiger partial charge in [0, 0.05) is 59.7 Å². The van der Waals surface area contributed by atoms with Gasteiger partial charge >= 0.3 is 0 Å². The third-order valence-electron chi connectivity index (χ3n) is 5.23. The SMILES string of the molecule is Cn1ccnc1C(NC(=O)CCCNc1ccnc2cc(Cl)ccc12)c1ccc(Cl)cc1. The molecule has 0 aliphatic rings. The number of nitrogens with one attached hydrogen (secondary N) is 2.